The summed E-state index contributed by atoms with van der Waals surface area (Å²) in [7, 11) is 0. The number of hydrogen-bond donors (Lipinski definition) is 0. The first-order valence-electron chi connectivity index (χ1n) is 20.2. The van der Waals surface area contributed by atoms with Gasteiger partial charge in [0, 0.05) is 42.3 Å². The van der Waals surface area contributed by atoms with Gasteiger partial charge in [0.2, 0.25) is 0 Å². The van der Waals surface area contributed by atoms with E-state index in [9.17, 15) is 0 Å². The maximum atomic E-state index is 9.10. The molecule has 2 nitrogen and oxygen atoms in total. The van der Waals surface area contributed by atoms with Crippen molar-refractivity contribution in [3.8, 4) is 33.4 Å². The molecule has 0 saturated carbocycles. The number of benzene rings is 8. The molecule has 51 heavy (non-hydrogen) atoms. The first-order valence-corrected chi connectivity index (χ1v) is 17.5. The Morgan fingerprint density at radius 1 is 0.451 bits per heavy atom. The van der Waals surface area contributed by atoms with Gasteiger partial charge in [-0.05, 0) is 81.9 Å². The average molecular weight is 677 g/mol. The molecule has 0 amide bonds. The topological polar surface area (TPSA) is 16.4 Å². The van der Waals surface area contributed by atoms with Gasteiger partial charge in [0.05, 0.1) is 15.3 Å². The highest BCUT2D eigenvalue weighted by Gasteiger charge is 2.22. The van der Waals surface area contributed by atoms with Crippen molar-refractivity contribution < 1.29 is 14.0 Å². The van der Waals surface area contributed by atoms with Gasteiger partial charge in [-0.1, -0.05) is 139 Å². The number of thiophene rings is 1. The van der Waals surface area contributed by atoms with Crippen molar-refractivity contribution in [2.45, 2.75) is 0 Å². The molecule has 240 valence electrons. The molecule has 3 heteroatoms. The highest BCUT2D eigenvalue weighted by molar-refractivity contribution is 7.25. The number of rotatable bonds is 6. The summed E-state index contributed by atoms with van der Waals surface area (Å²) in [5, 5.41) is 2.65. The first-order chi connectivity index (χ1) is 28.2. The van der Waals surface area contributed by atoms with Crippen molar-refractivity contribution >= 4 is 70.5 Å². The van der Waals surface area contributed by atoms with Crippen LogP contribution >= 0.6 is 11.3 Å². The minimum atomic E-state index is -0.379. The van der Waals surface area contributed by atoms with E-state index in [1.807, 2.05) is 78.9 Å². The predicted octanol–water partition coefficient (Wildman–Crippen LogP) is 14.4. The van der Waals surface area contributed by atoms with Crippen molar-refractivity contribution in [1.82, 2.24) is 0 Å². The van der Waals surface area contributed by atoms with Gasteiger partial charge in [0.15, 0.2) is 5.58 Å². The van der Waals surface area contributed by atoms with E-state index < -0.39 is 0 Å². The summed E-state index contributed by atoms with van der Waals surface area (Å²) >= 11 is 1.07. The molecule has 0 fully saturated rings. The molecular weight excluding hydrogens is 639 g/mol. The molecular formula is C48H31NOS. The fourth-order valence-electron chi connectivity index (χ4n) is 7.06. The number of para-hydroxylation sites is 1. The van der Waals surface area contributed by atoms with Gasteiger partial charge in [-0.2, -0.15) is 0 Å². The van der Waals surface area contributed by atoms with E-state index in [-0.39, 0.29) is 47.7 Å². The Balaban J connectivity index is 1.20. The highest BCUT2D eigenvalue weighted by Crippen LogP contribution is 2.47. The lowest BCUT2D eigenvalue weighted by Gasteiger charge is -2.26. The fraction of sp³-hybridized carbons (Fsp3) is 0. The average Bonchev–Trinajstić information content (AvgIpc) is 3.86. The molecule has 0 bridgehead atoms. The minimum Gasteiger partial charge on any atom is -0.454 e. The molecule has 10 aromatic rings. The molecule has 0 atom stereocenters. The van der Waals surface area contributed by atoms with Crippen LogP contribution < -0.4 is 4.90 Å². The Hall–Kier alpha value is -6.42. The van der Waals surface area contributed by atoms with Gasteiger partial charge in [-0.15, -0.1) is 11.3 Å². The van der Waals surface area contributed by atoms with E-state index in [2.05, 4.69) is 71.6 Å². The predicted molar refractivity (Wildman–Crippen MR) is 218 cm³/mol. The monoisotopic (exact) mass is 676 g/mol. The van der Waals surface area contributed by atoms with Crippen molar-refractivity contribution in [3.05, 3.63) is 188 Å². The number of nitrogens with zero attached hydrogens (tertiary/aromatic N) is 1. The highest BCUT2D eigenvalue weighted by atomic mass is 32.1. The summed E-state index contributed by atoms with van der Waals surface area (Å²) in [6, 6.07) is 47.0. The first kappa shape index (κ1) is 23.1. The van der Waals surface area contributed by atoms with Crippen molar-refractivity contribution in [2.75, 3.05) is 4.90 Å². The Kier molecular flexibility index (Phi) is 5.50. The fourth-order valence-corrected chi connectivity index (χ4v) is 8.03. The van der Waals surface area contributed by atoms with Crippen LogP contribution in [0.25, 0.3) is 75.5 Å². The second-order valence-corrected chi connectivity index (χ2v) is 13.4. The number of anilines is 3. The van der Waals surface area contributed by atoms with E-state index in [1.54, 1.807) is 0 Å². The molecule has 0 saturated heterocycles. The van der Waals surface area contributed by atoms with Gasteiger partial charge < -0.3 is 9.32 Å². The van der Waals surface area contributed by atoms with Crippen molar-refractivity contribution in [3.63, 3.8) is 0 Å². The maximum absolute atomic E-state index is 9.10. The maximum Gasteiger partial charge on any atom is 0.160 e. The second-order valence-electron chi connectivity index (χ2n) is 12.4. The molecule has 0 aliphatic rings. The molecule has 0 spiro atoms. The summed E-state index contributed by atoms with van der Waals surface area (Å²) < 4.78 is 68.2. The molecule has 0 N–H and O–H groups in total. The van der Waals surface area contributed by atoms with E-state index in [1.165, 1.54) is 0 Å². The summed E-state index contributed by atoms with van der Waals surface area (Å²) in [6.07, 6.45) is 0. The standard InChI is InChI=1S/C48H31NOS/c1-3-12-32(13-4-1)33-22-26-36(27-23-33)49(37-28-24-35(25-29-37)38-18-11-21-45-46(38)41-17-8-10-20-44(41)51-45)42-31-30-39(34-14-5-2-6-15-34)47-40-16-7-9-19-43(40)50-48(42)47/h1-31H/i8D,10D,11D,17D,18D,20D,21D. The third-order valence-corrected chi connectivity index (χ3v) is 10.4. The van der Waals surface area contributed by atoms with E-state index in [0.717, 1.165) is 72.6 Å². The smallest absolute Gasteiger partial charge is 0.160 e. The molecule has 2 aromatic heterocycles. The van der Waals surface area contributed by atoms with Crippen molar-refractivity contribution in [2.24, 2.45) is 0 Å². The van der Waals surface area contributed by atoms with Crippen LogP contribution in [0.2, 0.25) is 0 Å². The summed E-state index contributed by atoms with van der Waals surface area (Å²) in [4.78, 5) is 2.15. The Morgan fingerprint density at radius 2 is 1.06 bits per heavy atom. The Labute approximate surface area is 309 Å². The Morgan fingerprint density at radius 3 is 1.82 bits per heavy atom. The van der Waals surface area contributed by atoms with Gasteiger partial charge in [-0.3, -0.25) is 0 Å². The van der Waals surface area contributed by atoms with Gasteiger partial charge in [-0.25, -0.2) is 0 Å². The van der Waals surface area contributed by atoms with Crippen molar-refractivity contribution in [1.29, 1.82) is 0 Å². The lowest BCUT2D eigenvalue weighted by atomic mass is 9.97. The van der Waals surface area contributed by atoms with Crippen LogP contribution in [-0.2, 0) is 0 Å². The summed E-state index contributed by atoms with van der Waals surface area (Å²) in [5.74, 6) is 0. The van der Waals surface area contributed by atoms with Gasteiger partial charge in [0.1, 0.15) is 5.58 Å². The zero-order valence-electron chi connectivity index (χ0n) is 34.1. The van der Waals surface area contributed by atoms with Crippen LogP contribution in [0.3, 0.4) is 0 Å². The normalized spacial score (nSPS) is 13.5. The van der Waals surface area contributed by atoms with E-state index in [4.69, 9.17) is 14.0 Å². The molecule has 0 unspecified atom stereocenters. The number of fused-ring (bicyclic) bond motifs is 6. The third kappa shape index (κ3) is 5.01. The quantitative estimate of drug-likeness (QED) is 0.174. The summed E-state index contributed by atoms with van der Waals surface area (Å²) in [6.45, 7) is 0. The Bertz CT molecular complexity index is 3240. The largest absolute Gasteiger partial charge is 0.454 e. The zero-order chi connectivity index (χ0) is 39.8. The van der Waals surface area contributed by atoms with Gasteiger partial charge in [0.25, 0.3) is 0 Å². The minimum absolute atomic E-state index is 0.169. The third-order valence-electron chi connectivity index (χ3n) is 9.43. The molecule has 0 aliphatic heterocycles. The summed E-state index contributed by atoms with van der Waals surface area (Å²) in [5.41, 5.74) is 9.24. The lowest BCUT2D eigenvalue weighted by Crippen LogP contribution is -2.10. The van der Waals surface area contributed by atoms with Crippen LogP contribution in [-0.4, -0.2) is 0 Å². The number of hydrogen-bond acceptors (Lipinski definition) is 3. The van der Waals surface area contributed by atoms with Crippen LogP contribution in [0.4, 0.5) is 17.1 Å². The van der Waals surface area contributed by atoms with E-state index in [0.29, 0.717) is 25.9 Å². The molecule has 0 aliphatic carbocycles. The molecule has 8 aromatic carbocycles. The SMILES string of the molecule is [2H]c1c([2H])c([2H])c2c(sc3c([2H])c([2H])c([2H])c(-c4ccc(N(c5ccc(-c6ccccc6)cc5)c5ccc(-c6ccccc6)c6c5oc5ccccc56)cc4)c32)c1[2H]. The van der Waals surface area contributed by atoms with E-state index >= 15 is 0 Å². The molecule has 0 radical (unpaired) electrons. The lowest BCUT2D eigenvalue weighted by molar-refractivity contribution is 0.669. The van der Waals surface area contributed by atoms with Crippen LogP contribution in [0.15, 0.2) is 192 Å². The molecule has 2 heterocycles. The second kappa shape index (κ2) is 12.2. The number of furan rings is 1. The zero-order valence-corrected chi connectivity index (χ0v) is 27.9. The molecule has 10 rings (SSSR count). The van der Waals surface area contributed by atoms with Crippen LogP contribution in [0.5, 0.6) is 0 Å². The van der Waals surface area contributed by atoms with Crippen LogP contribution in [0, 0.1) is 0 Å². The van der Waals surface area contributed by atoms with Crippen LogP contribution in [0.1, 0.15) is 9.60 Å². The van der Waals surface area contributed by atoms with Gasteiger partial charge >= 0.3 is 0 Å².